The van der Waals surface area contributed by atoms with Crippen molar-refractivity contribution < 1.29 is 4.79 Å². The number of rotatable bonds is 3. The molecule has 2 aromatic heterocycles. The van der Waals surface area contributed by atoms with Crippen LogP contribution in [-0.4, -0.2) is 39.4 Å². The minimum atomic E-state index is -0.0934. The molecule has 1 amide bonds. The van der Waals surface area contributed by atoms with E-state index in [9.17, 15) is 4.79 Å². The lowest BCUT2D eigenvalue weighted by Gasteiger charge is -2.43. The van der Waals surface area contributed by atoms with Gasteiger partial charge in [0.25, 0.3) is 0 Å². The van der Waals surface area contributed by atoms with Gasteiger partial charge in [-0.1, -0.05) is 6.07 Å². The number of hydrogen-bond donors (Lipinski definition) is 1. The third-order valence-electron chi connectivity index (χ3n) is 5.43. The van der Waals surface area contributed by atoms with Gasteiger partial charge in [-0.2, -0.15) is 0 Å². The Bertz CT molecular complexity index is 696. The first-order valence-corrected chi connectivity index (χ1v) is 8.57. The molecule has 2 aliphatic heterocycles. The van der Waals surface area contributed by atoms with Crippen molar-refractivity contribution in [3.63, 3.8) is 0 Å². The average Bonchev–Trinajstić information content (AvgIpc) is 2.95. The SMILES string of the molecule is O=C1CC(c2ccncc2)C2(CCN(Cc3cccnc3)CC2)N1. The second-order valence-electron chi connectivity index (χ2n) is 6.88. The number of piperidine rings is 1. The summed E-state index contributed by atoms with van der Waals surface area (Å²) in [6, 6.07) is 8.20. The van der Waals surface area contributed by atoms with Crippen LogP contribution in [0.2, 0.25) is 0 Å². The van der Waals surface area contributed by atoms with Crippen LogP contribution in [0, 0.1) is 0 Å². The molecule has 0 aliphatic carbocycles. The van der Waals surface area contributed by atoms with Gasteiger partial charge in [0, 0.05) is 62.3 Å². The zero-order chi connectivity index (χ0) is 16.4. The van der Waals surface area contributed by atoms with Gasteiger partial charge in [0.2, 0.25) is 5.91 Å². The van der Waals surface area contributed by atoms with Gasteiger partial charge in [-0.3, -0.25) is 19.7 Å². The van der Waals surface area contributed by atoms with Gasteiger partial charge in [-0.25, -0.2) is 0 Å². The fourth-order valence-corrected chi connectivity index (χ4v) is 4.16. The number of likely N-dealkylation sites (tertiary alicyclic amines) is 1. The molecule has 2 saturated heterocycles. The monoisotopic (exact) mass is 322 g/mol. The predicted molar refractivity (Wildman–Crippen MR) is 91.2 cm³/mol. The van der Waals surface area contributed by atoms with E-state index in [2.05, 4.69) is 38.4 Å². The summed E-state index contributed by atoms with van der Waals surface area (Å²) in [6.45, 7) is 2.92. The standard InChI is InChI=1S/C19H22N4O/c24-18-12-17(16-3-8-20-9-4-16)19(22-18)5-10-23(11-6-19)14-15-2-1-7-21-13-15/h1-4,7-9,13,17H,5-6,10-12,14H2,(H,22,24). The van der Waals surface area contributed by atoms with Gasteiger partial charge in [0.05, 0.1) is 0 Å². The molecule has 1 N–H and O–H groups in total. The van der Waals surface area contributed by atoms with E-state index in [0.29, 0.717) is 6.42 Å². The lowest BCUT2D eigenvalue weighted by atomic mass is 9.74. The number of pyridine rings is 2. The Morgan fingerprint density at radius 2 is 1.92 bits per heavy atom. The van der Waals surface area contributed by atoms with Crippen molar-refractivity contribution in [2.45, 2.75) is 37.3 Å². The third kappa shape index (κ3) is 2.91. The highest BCUT2D eigenvalue weighted by atomic mass is 16.2. The summed E-state index contributed by atoms with van der Waals surface area (Å²) in [6.07, 6.45) is 9.96. The van der Waals surface area contributed by atoms with Crippen LogP contribution in [0.25, 0.3) is 0 Å². The van der Waals surface area contributed by atoms with Gasteiger partial charge in [0.1, 0.15) is 0 Å². The zero-order valence-corrected chi connectivity index (χ0v) is 13.7. The Morgan fingerprint density at radius 1 is 1.12 bits per heavy atom. The highest BCUT2D eigenvalue weighted by molar-refractivity contribution is 5.81. The topological polar surface area (TPSA) is 58.1 Å². The summed E-state index contributed by atoms with van der Waals surface area (Å²) in [5.74, 6) is 0.436. The van der Waals surface area contributed by atoms with Gasteiger partial charge >= 0.3 is 0 Å². The Labute approximate surface area is 142 Å². The molecule has 0 saturated carbocycles. The highest BCUT2D eigenvalue weighted by Crippen LogP contribution is 2.43. The maximum absolute atomic E-state index is 12.1. The molecule has 5 nitrogen and oxygen atoms in total. The quantitative estimate of drug-likeness (QED) is 0.940. The van der Waals surface area contributed by atoms with E-state index in [-0.39, 0.29) is 17.4 Å². The molecular formula is C19H22N4O. The molecular weight excluding hydrogens is 300 g/mol. The molecule has 2 aromatic rings. The number of carbonyl (C=O) groups is 1. The molecule has 124 valence electrons. The summed E-state index contributed by atoms with van der Waals surface area (Å²) in [5.41, 5.74) is 2.38. The van der Waals surface area contributed by atoms with E-state index < -0.39 is 0 Å². The van der Waals surface area contributed by atoms with Gasteiger partial charge < -0.3 is 5.32 Å². The minimum Gasteiger partial charge on any atom is -0.350 e. The van der Waals surface area contributed by atoms with Crippen LogP contribution in [0.15, 0.2) is 49.1 Å². The number of aromatic nitrogens is 2. The number of carbonyl (C=O) groups excluding carboxylic acids is 1. The number of nitrogens with zero attached hydrogens (tertiary/aromatic N) is 3. The number of nitrogens with one attached hydrogen (secondary N) is 1. The summed E-state index contributed by atoms with van der Waals surface area (Å²) in [4.78, 5) is 22.9. The molecule has 4 heterocycles. The Balaban J connectivity index is 1.47. The van der Waals surface area contributed by atoms with Crippen molar-refractivity contribution in [3.05, 3.63) is 60.2 Å². The number of amides is 1. The van der Waals surface area contributed by atoms with Crippen LogP contribution in [0.1, 0.15) is 36.3 Å². The Morgan fingerprint density at radius 3 is 2.62 bits per heavy atom. The predicted octanol–water partition coefficient (Wildman–Crippen LogP) is 2.11. The van der Waals surface area contributed by atoms with Gasteiger partial charge in [-0.15, -0.1) is 0 Å². The molecule has 2 aliphatic rings. The fourth-order valence-electron chi connectivity index (χ4n) is 4.16. The van der Waals surface area contributed by atoms with Crippen LogP contribution >= 0.6 is 0 Å². The highest BCUT2D eigenvalue weighted by Gasteiger charge is 2.48. The van der Waals surface area contributed by atoms with Crippen molar-refractivity contribution in [2.24, 2.45) is 0 Å². The Kier molecular flexibility index (Phi) is 4.02. The maximum atomic E-state index is 12.1. The summed E-state index contributed by atoms with van der Waals surface area (Å²) < 4.78 is 0. The van der Waals surface area contributed by atoms with E-state index in [4.69, 9.17) is 0 Å². The zero-order valence-electron chi connectivity index (χ0n) is 13.7. The first-order chi connectivity index (χ1) is 11.8. The molecule has 5 heteroatoms. The summed E-state index contributed by atoms with van der Waals surface area (Å²) in [5, 5.41) is 3.30. The smallest absolute Gasteiger partial charge is 0.221 e. The van der Waals surface area contributed by atoms with Gasteiger partial charge in [0.15, 0.2) is 0 Å². The molecule has 1 spiro atoms. The van der Waals surface area contributed by atoms with E-state index in [0.717, 1.165) is 32.5 Å². The first kappa shape index (κ1) is 15.3. The van der Waals surface area contributed by atoms with Gasteiger partial charge in [-0.05, 0) is 42.2 Å². The van der Waals surface area contributed by atoms with E-state index in [1.165, 1.54) is 11.1 Å². The molecule has 1 atom stereocenters. The largest absolute Gasteiger partial charge is 0.350 e. The van der Waals surface area contributed by atoms with E-state index >= 15 is 0 Å². The van der Waals surface area contributed by atoms with Crippen LogP contribution < -0.4 is 5.32 Å². The first-order valence-electron chi connectivity index (χ1n) is 8.57. The number of hydrogen-bond acceptors (Lipinski definition) is 4. The molecule has 4 rings (SSSR count). The lowest BCUT2D eigenvalue weighted by molar-refractivity contribution is -0.120. The normalized spacial score (nSPS) is 23.3. The maximum Gasteiger partial charge on any atom is 0.221 e. The van der Waals surface area contributed by atoms with E-state index in [1.807, 2.05) is 30.9 Å². The second-order valence-corrected chi connectivity index (χ2v) is 6.88. The van der Waals surface area contributed by atoms with Crippen LogP contribution in [-0.2, 0) is 11.3 Å². The van der Waals surface area contributed by atoms with Crippen molar-refractivity contribution in [1.82, 2.24) is 20.2 Å². The Hall–Kier alpha value is -2.27. The van der Waals surface area contributed by atoms with Crippen molar-refractivity contribution in [2.75, 3.05) is 13.1 Å². The summed E-state index contributed by atoms with van der Waals surface area (Å²) in [7, 11) is 0. The van der Waals surface area contributed by atoms with Crippen LogP contribution in [0.5, 0.6) is 0 Å². The molecule has 1 unspecified atom stereocenters. The minimum absolute atomic E-state index is 0.0934. The van der Waals surface area contributed by atoms with Crippen molar-refractivity contribution >= 4 is 5.91 Å². The molecule has 0 aromatic carbocycles. The second kappa shape index (κ2) is 6.32. The molecule has 0 bridgehead atoms. The lowest BCUT2D eigenvalue weighted by Crippen LogP contribution is -2.53. The third-order valence-corrected chi connectivity index (χ3v) is 5.43. The van der Waals surface area contributed by atoms with Crippen molar-refractivity contribution in [1.29, 1.82) is 0 Å². The van der Waals surface area contributed by atoms with Crippen LogP contribution in [0.4, 0.5) is 0 Å². The van der Waals surface area contributed by atoms with Crippen molar-refractivity contribution in [3.8, 4) is 0 Å². The molecule has 24 heavy (non-hydrogen) atoms. The molecule has 2 fully saturated rings. The molecule has 0 radical (unpaired) electrons. The average molecular weight is 322 g/mol. The van der Waals surface area contributed by atoms with E-state index in [1.54, 1.807) is 0 Å². The summed E-state index contributed by atoms with van der Waals surface area (Å²) >= 11 is 0. The fraction of sp³-hybridized carbons (Fsp3) is 0.421. The van der Waals surface area contributed by atoms with Crippen LogP contribution in [0.3, 0.4) is 0 Å².